The fourth-order valence-corrected chi connectivity index (χ4v) is 7.08. The van der Waals surface area contributed by atoms with Gasteiger partial charge in [0.2, 0.25) is 0 Å². The van der Waals surface area contributed by atoms with Gasteiger partial charge in [0.05, 0.1) is 22.9 Å². The summed E-state index contributed by atoms with van der Waals surface area (Å²) < 4.78 is 1.84. The second-order valence-electron chi connectivity index (χ2n) is 10.5. The number of hydrogen-bond donors (Lipinski definition) is 0. The van der Waals surface area contributed by atoms with E-state index in [9.17, 15) is 4.79 Å². The molecule has 1 saturated heterocycles. The van der Waals surface area contributed by atoms with E-state index in [4.69, 9.17) is 4.98 Å². The highest BCUT2D eigenvalue weighted by Gasteiger charge is 2.29. The van der Waals surface area contributed by atoms with Gasteiger partial charge in [-0.05, 0) is 42.9 Å². The van der Waals surface area contributed by atoms with E-state index in [2.05, 4.69) is 43.9 Å². The minimum atomic E-state index is 0.147. The van der Waals surface area contributed by atoms with Gasteiger partial charge >= 0.3 is 0 Å². The van der Waals surface area contributed by atoms with Gasteiger partial charge in [0.1, 0.15) is 4.83 Å². The summed E-state index contributed by atoms with van der Waals surface area (Å²) in [7, 11) is 0. The second kappa shape index (κ2) is 9.25. The first-order valence-corrected chi connectivity index (χ1v) is 14.1. The molecule has 36 heavy (non-hydrogen) atoms. The zero-order chi connectivity index (χ0) is 24.1. The van der Waals surface area contributed by atoms with Gasteiger partial charge in [0, 0.05) is 75.4 Å². The van der Waals surface area contributed by atoms with Crippen molar-refractivity contribution in [1.82, 2.24) is 24.3 Å². The normalized spacial score (nSPS) is 19.3. The van der Waals surface area contributed by atoms with E-state index in [-0.39, 0.29) is 5.56 Å². The van der Waals surface area contributed by atoms with Gasteiger partial charge in [0.15, 0.2) is 0 Å². The maximum atomic E-state index is 13.4. The van der Waals surface area contributed by atoms with E-state index in [1.54, 1.807) is 17.7 Å². The average molecular weight is 501 g/mol. The van der Waals surface area contributed by atoms with Gasteiger partial charge < -0.3 is 4.90 Å². The van der Waals surface area contributed by atoms with Crippen molar-refractivity contribution in [1.29, 1.82) is 0 Å². The van der Waals surface area contributed by atoms with E-state index < -0.39 is 0 Å². The highest BCUT2D eigenvalue weighted by Crippen LogP contribution is 2.35. The molecule has 3 aliphatic rings. The molecule has 0 unspecified atom stereocenters. The third-order valence-electron chi connectivity index (χ3n) is 8.10. The highest BCUT2D eigenvalue weighted by molar-refractivity contribution is 7.18. The summed E-state index contributed by atoms with van der Waals surface area (Å²) in [5, 5.41) is 2.07. The van der Waals surface area contributed by atoms with Crippen molar-refractivity contribution in [3.05, 3.63) is 63.7 Å². The molecular weight excluding hydrogens is 468 g/mol. The van der Waals surface area contributed by atoms with Crippen molar-refractivity contribution in [3.8, 4) is 0 Å². The number of nitrogens with zero attached hydrogens (tertiary/aromatic N) is 6. The Morgan fingerprint density at radius 3 is 2.67 bits per heavy atom. The summed E-state index contributed by atoms with van der Waals surface area (Å²) in [6.07, 6.45) is 7.40. The van der Waals surface area contributed by atoms with E-state index in [0.29, 0.717) is 6.54 Å². The molecule has 8 heteroatoms. The fraction of sp³-hybridized carbons (Fsp3) is 0.464. The van der Waals surface area contributed by atoms with Crippen LogP contribution in [0.2, 0.25) is 0 Å². The minimum absolute atomic E-state index is 0.147. The SMILES string of the molecule is O=c1c2c3c(sc2ncn1CCN1CCN(c2cccc4cccnc24)CC1)CN(CC1CC1)CC3. The maximum Gasteiger partial charge on any atom is 0.262 e. The largest absolute Gasteiger partial charge is 0.367 e. The number of hydrogen-bond acceptors (Lipinski definition) is 7. The first-order chi connectivity index (χ1) is 17.7. The molecule has 1 aliphatic carbocycles. The Balaban J connectivity index is 1.02. The minimum Gasteiger partial charge on any atom is -0.367 e. The number of fused-ring (bicyclic) bond motifs is 4. The molecule has 0 radical (unpaired) electrons. The Kier molecular flexibility index (Phi) is 5.75. The van der Waals surface area contributed by atoms with Gasteiger partial charge in [-0.25, -0.2) is 4.98 Å². The molecule has 5 heterocycles. The molecule has 7 rings (SSSR count). The Hall–Kier alpha value is -2.81. The first-order valence-electron chi connectivity index (χ1n) is 13.3. The number of thiophene rings is 1. The predicted octanol–water partition coefficient (Wildman–Crippen LogP) is 3.60. The van der Waals surface area contributed by atoms with E-state index in [0.717, 1.165) is 73.9 Å². The van der Waals surface area contributed by atoms with Gasteiger partial charge in [-0.15, -0.1) is 11.3 Å². The van der Waals surface area contributed by atoms with Gasteiger partial charge in [0.25, 0.3) is 5.56 Å². The molecule has 1 saturated carbocycles. The summed E-state index contributed by atoms with van der Waals surface area (Å²) >= 11 is 1.73. The van der Waals surface area contributed by atoms with Crippen LogP contribution in [-0.2, 0) is 19.5 Å². The zero-order valence-corrected chi connectivity index (χ0v) is 21.4. The molecular formula is C28H32N6OS. The lowest BCUT2D eigenvalue weighted by Crippen LogP contribution is -2.47. The molecule has 0 spiro atoms. The molecule has 3 aromatic heterocycles. The lowest BCUT2D eigenvalue weighted by atomic mass is 10.1. The molecule has 0 atom stereocenters. The number of piperazine rings is 1. The van der Waals surface area contributed by atoms with Gasteiger partial charge in [-0.3, -0.25) is 24.1 Å². The van der Waals surface area contributed by atoms with E-state index in [1.807, 2.05) is 16.8 Å². The zero-order valence-electron chi connectivity index (χ0n) is 20.6. The molecule has 1 aromatic carbocycles. The van der Waals surface area contributed by atoms with Gasteiger partial charge in [-0.2, -0.15) is 0 Å². The van der Waals surface area contributed by atoms with Crippen LogP contribution in [-0.4, -0.2) is 70.1 Å². The number of benzene rings is 1. The lowest BCUT2D eigenvalue weighted by molar-refractivity contribution is 0.246. The number of rotatable bonds is 6. The smallest absolute Gasteiger partial charge is 0.262 e. The number of pyridine rings is 1. The quantitative estimate of drug-likeness (QED) is 0.403. The summed E-state index contributed by atoms with van der Waals surface area (Å²) in [5.74, 6) is 0.904. The monoisotopic (exact) mass is 500 g/mol. The number of aromatic nitrogens is 3. The van der Waals surface area contributed by atoms with Crippen molar-refractivity contribution in [2.45, 2.75) is 32.4 Å². The van der Waals surface area contributed by atoms with E-state index in [1.165, 1.54) is 40.9 Å². The third-order valence-corrected chi connectivity index (χ3v) is 9.23. The predicted molar refractivity (Wildman–Crippen MR) is 146 cm³/mol. The Labute approximate surface area is 215 Å². The van der Waals surface area contributed by atoms with E-state index >= 15 is 0 Å². The molecule has 0 N–H and O–H groups in total. The van der Waals surface area contributed by atoms with Crippen LogP contribution in [0.25, 0.3) is 21.1 Å². The van der Waals surface area contributed by atoms with Crippen molar-refractivity contribution < 1.29 is 0 Å². The van der Waals surface area contributed by atoms with Crippen LogP contribution in [0.15, 0.2) is 47.7 Å². The number of para-hydroxylation sites is 1. The van der Waals surface area contributed by atoms with Crippen LogP contribution in [0.5, 0.6) is 0 Å². The average Bonchev–Trinajstić information content (AvgIpc) is 3.65. The summed E-state index contributed by atoms with van der Waals surface area (Å²) in [4.78, 5) is 32.6. The molecule has 2 fully saturated rings. The Morgan fingerprint density at radius 1 is 0.944 bits per heavy atom. The summed E-state index contributed by atoms with van der Waals surface area (Å²) in [6, 6.07) is 10.5. The molecule has 4 aromatic rings. The Bertz CT molecular complexity index is 1460. The van der Waals surface area contributed by atoms with Crippen LogP contribution >= 0.6 is 11.3 Å². The van der Waals surface area contributed by atoms with Gasteiger partial charge in [-0.1, -0.05) is 18.2 Å². The van der Waals surface area contributed by atoms with Crippen molar-refractivity contribution in [3.63, 3.8) is 0 Å². The van der Waals surface area contributed by atoms with Crippen LogP contribution in [0, 0.1) is 5.92 Å². The Morgan fingerprint density at radius 2 is 1.81 bits per heavy atom. The third kappa shape index (κ3) is 4.21. The molecule has 2 aliphatic heterocycles. The highest BCUT2D eigenvalue weighted by atomic mass is 32.1. The van der Waals surface area contributed by atoms with Crippen LogP contribution in [0.1, 0.15) is 23.3 Å². The molecule has 0 bridgehead atoms. The molecule has 7 nitrogen and oxygen atoms in total. The first kappa shape index (κ1) is 22.4. The second-order valence-corrected chi connectivity index (χ2v) is 11.6. The van der Waals surface area contributed by atoms with Crippen LogP contribution in [0.3, 0.4) is 0 Å². The standard InChI is InChI=1S/C28H32N6OS/c35-28-25-22-8-10-32(17-20-6-7-20)18-24(22)36-27(25)30-19-34(28)16-13-31-11-14-33(15-12-31)23-5-1-3-21-4-2-9-29-26(21)23/h1-5,9,19-20H,6-8,10-18H2. The van der Waals surface area contributed by atoms with Crippen molar-refractivity contribution >= 4 is 38.1 Å². The maximum absolute atomic E-state index is 13.4. The molecule has 0 amide bonds. The summed E-state index contributed by atoms with van der Waals surface area (Å²) in [5.41, 5.74) is 3.71. The van der Waals surface area contributed by atoms with Crippen molar-refractivity contribution in [2.24, 2.45) is 5.92 Å². The van der Waals surface area contributed by atoms with Crippen LogP contribution < -0.4 is 10.5 Å². The molecule has 186 valence electrons. The summed E-state index contributed by atoms with van der Waals surface area (Å²) in [6.45, 7) is 8.75. The fourth-order valence-electron chi connectivity index (χ4n) is 5.86. The van der Waals surface area contributed by atoms with Crippen molar-refractivity contribution in [2.75, 3.05) is 50.7 Å². The van der Waals surface area contributed by atoms with Crippen LogP contribution in [0.4, 0.5) is 5.69 Å². The number of anilines is 1. The lowest BCUT2D eigenvalue weighted by Gasteiger charge is -2.36. The topological polar surface area (TPSA) is 57.5 Å².